The molecular formula is C15H15BrClFN2. The van der Waals surface area contributed by atoms with Crippen molar-refractivity contribution in [2.75, 3.05) is 6.54 Å². The van der Waals surface area contributed by atoms with Crippen molar-refractivity contribution in [1.29, 1.82) is 0 Å². The van der Waals surface area contributed by atoms with Crippen LogP contribution in [0.15, 0.2) is 41.1 Å². The number of aromatic nitrogens is 1. The molecule has 2 rings (SSSR count). The number of pyridine rings is 1. The highest BCUT2D eigenvalue weighted by atomic mass is 79.9. The molecule has 2 aromatic rings. The number of hydrogen-bond donors (Lipinski definition) is 1. The Morgan fingerprint density at radius 1 is 1.40 bits per heavy atom. The van der Waals surface area contributed by atoms with Gasteiger partial charge in [0.2, 0.25) is 0 Å². The second kappa shape index (κ2) is 7.16. The van der Waals surface area contributed by atoms with E-state index < -0.39 is 0 Å². The zero-order valence-corrected chi connectivity index (χ0v) is 13.4. The van der Waals surface area contributed by atoms with E-state index in [2.05, 4.69) is 33.2 Å². The van der Waals surface area contributed by atoms with E-state index in [4.69, 9.17) is 11.6 Å². The third-order valence-corrected chi connectivity index (χ3v) is 4.26. The number of hydrogen-bond acceptors (Lipinski definition) is 2. The predicted octanol–water partition coefficient (Wildman–Crippen LogP) is 4.73. The molecule has 5 heteroatoms. The average molecular weight is 358 g/mol. The van der Waals surface area contributed by atoms with Gasteiger partial charge in [-0.2, -0.15) is 0 Å². The summed E-state index contributed by atoms with van der Waals surface area (Å²) in [5.74, 6) is -0.350. The first-order valence-electron chi connectivity index (χ1n) is 6.41. The van der Waals surface area contributed by atoms with Crippen LogP contribution < -0.4 is 5.32 Å². The first-order valence-corrected chi connectivity index (χ1v) is 7.58. The van der Waals surface area contributed by atoms with Crippen LogP contribution in [0.1, 0.15) is 30.5 Å². The van der Waals surface area contributed by atoms with E-state index in [1.54, 1.807) is 6.20 Å². The van der Waals surface area contributed by atoms with Crippen LogP contribution in [0.5, 0.6) is 0 Å². The number of benzene rings is 1. The summed E-state index contributed by atoms with van der Waals surface area (Å²) >= 11 is 9.78. The summed E-state index contributed by atoms with van der Waals surface area (Å²) in [6, 6.07) is 7.04. The normalized spacial score (nSPS) is 12.4. The van der Waals surface area contributed by atoms with Gasteiger partial charge in [0.25, 0.3) is 0 Å². The molecule has 1 aromatic heterocycles. The van der Waals surface area contributed by atoms with Gasteiger partial charge in [-0.25, -0.2) is 4.39 Å². The van der Waals surface area contributed by atoms with E-state index in [1.165, 1.54) is 12.3 Å². The Labute approximate surface area is 131 Å². The van der Waals surface area contributed by atoms with Gasteiger partial charge < -0.3 is 5.32 Å². The Morgan fingerprint density at radius 3 is 2.90 bits per heavy atom. The van der Waals surface area contributed by atoms with E-state index in [-0.39, 0.29) is 11.9 Å². The Balaban J connectivity index is 2.44. The van der Waals surface area contributed by atoms with Crippen LogP contribution in [0.4, 0.5) is 4.39 Å². The smallest absolute Gasteiger partial charge is 0.141 e. The van der Waals surface area contributed by atoms with Crippen LogP contribution in [0.3, 0.4) is 0 Å². The maximum absolute atomic E-state index is 13.4. The third-order valence-electron chi connectivity index (χ3n) is 2.95. The van der Waals surface area contributed by atoms with Crippen molar-refractivity contribution in [3.05, 3.63) is 63.1 Å². The van der Waals surface area contributed by atoms with Crippen molar-refractivity contribution in [3.63, 3.8) is 0 Å². The Hall–Kier alpha value is -0.970. The van der Waals surface area contributed by atoms with Crippen molar-refractivity contribution in [2.24, 2.45) is 0 Å². The summed E-state index contributed by atoms with van der Waals surface area (Å²) in [4.78, 5) is 3.92. The molecular weight excluding hydrogens is 343 g/mol. The van der Waals surface area contributed by atoms with Gasteiger partial charge in [0, 0.05) is 10.7 Å². The molecule has 0 aliphatic heterocycles. The van der Waals surface area contributed by atoms with E-state index >= 15 is 0 Å². The first kappa shape index (κ1) is 15.4. The molecule has 0 saturated heterocycles. The maximum Gasteiger partial charge on any atom is 0.141 e. The molecule has 1 N–H and O–H groups in total. The Morgan fingerprint density at radius 2 is 2.20 bits per heavy atom. The molecule has 0 aliphatic rings. The fourth-order valence-electron chi connectivity index (χ4n) is 2.03. The summed E-state index contributed by atoms with van der Waals surface area (Å²) < 4.78 is 14.2. The summed E-state index contributed by atoms with van der Waals surface area (Å²) in [6.45, 7) is 2.89. The second-order valence-corrected chi connectivity index (χ2v) is 5.70. The van der Waals surface area contributed by atoms with Crippen molar-refractivity contribution in [3.8, 4) is 0 Å². The maximum atomic E-state index is 13.4. The second-order valence-electron chi connectivity index (χ2n) is 4.47. The van der Waals surface area contributed by atoms with E-state index in [0.717, 1.165) is 28.6 Å². The van der Waals surface area contributed by atoms with Crippen molar-refractivity contribution in [1.82, 2.24) is 10.3 Å². The standard InChI is InChI=1S/C15H15BrClFN2/c1-2-6-20-15(10-7-11(18)9-19-8-10)12-4-3-5-13(16)14(12)17/h3-5,7-9,15,20H,2,6H2,1H3. The topological polar surface area (TPSA) is 24.9 Å². The summed E-state index contributed by atoms with van der Waals surface area (Å²) in [5, 5.41) is 4.02. The van der Waals surface area contributed by atoms with Crippen LogP contribution in [0, 0.1) is 5.82 Å². The highest BCUT2D eigenvalue weighted by Gasteiger charge is 2.18. The molecule has 106 valence electrons. The fourth-order valence-corrected chi connectivity index (χ4v) is 2.64. The molecule has 0 fully saturated rings. The number of nitrogens with one attached hydrogen (secondary N) is 1. The lowest BCUT2D eigenvalue weighted by molar-refractivity contribution is 0.580. The highest BCUT2D eigenvalue weighted by Crippen LogP contribution is 2.33. The SMILES string of the molecule is CCCNC(c1cncc(F)c1)c1cccc(Br)c1Cl. The fraction of sp³-hybridized carbons (Fsp3) is 0.267. The monoisotopic (exact) mass is 356 g/mol. The molecule has 2 nitrogen and oxygen atoms in total. The summed E-state index contributed by atoms with van der Waals surface area (Å²) in [7, 11) is 0. The van der Waals surface area contributed by atoms with Crippen LogP contribution in [-0.2, 0) is 0 Å². The van der Waals surface area contributed by atoms with Crippen LogP contribution in [0.25, 0.3) is 0 Å². The van der Waals surface area contributed by atoms with E-state index in [9.17, 15) is 4.39 Å². The molecule has 0 spiro atoms. The van der Waals surface area contributed by atoms with Crippen molar-refractivity contribution < 1.29 is 4.39 Å². The zero-order chi connectivity index (χ0) is 14.5. The lowest BCUT2D eigenvalue weighted by Gasteiger charge is -2.21. The van der Waals surface area contributed by atoms with Crippen molar-refractivity contribution in [2.45, 2.75) is 19.4 Å². The van der Waals surface area contributed by atoms with Crippen molar-refractivity contribution >= 4 is 27.5 Å². The molecule has 1 atom stereocenters. The van der Waals surface area contributed by atoms with Crippen LogP contribution in [0.2, 0.25) is 5.02 Å². The molecule has 1 unspecified atom stereocenters. The van der Waals surface area contributed by atoms with E-state index in [0.29, 0.717) is 5.02 Å². The van der Waals surface area contributed by atoms with Gasteiger partial charge in [0.05, 0.1) is 17.3 Å². The van der Waals surface area contributed by atoms with E-state index in [1.807, 2.05) is 18.2 Å². The quantitative estimate of drug-likeness (QED) is 0.837. The van der Waals surface area contributed by atoms with Gasteiger partial charge in [-0.05, 0) is 52.2 Å². The van der Waals surface area contributed by atoms with Crippen LogP contribution in [-0.4, -0.2) is 11.5 Å². The number of nitrogens with zero attached hydrogens (tertiary/aromatic N) is 1. The number of rotatable bonds is 5. The van der Waals surface area contributed by atoms with Gasteiger partial charge in [-0.1, -0.05) is 30.7 Å². The molecule has 0 radical (unpaired) electrons. The van der Waals surface area contributed by atoms with Gasteiger partial charge in [-0.3, -0.25) is 4.98 Å². The van der Waals surface area contributed by atoms with Gasteiger partial charge in [-0.15, -0.1) is 0 Å². The Kier molecular flexibility index (Phi) is 5.52. The minimum absolute atomic E-state index is 0.178. The van der Waals surface area contributed by atoms with Gasteiger partial charge >= 0.3 is 0 Å². The molecule has 1 heterocycles. The lowest BCUT2D eigenvalue weighted by Crippen LogP contribution is -2.23. The average Bonchev–Trinajstić information content (AvgIpc) is 2.44. The van der Waals surface area contributed by atoms with Gasteiger partial charge in [0.15, 0.2) is 0 Å². The van der Waals surface area contributed by atoms with Crippen LogP contribution >= 0.6 is 27.5 Å². The minimum Gasteiger partial charge on any atom is -0.306 e. The highest BCUT2D eigenvalue weighted by molar-refractivity contribution is 9.10. The first-order chi connectivity index (χ1) is 9.63. The predicted molar refractivity (Wildman–Crippen MR) is 83.5 cm³/mol. The zero-order valence-electron chi connectivity index (χ0n) is 11.0. The van der Waals surface area contributed by atoms with Gasteiger partial charge in [0.1, 0.15) is 5.82 Å². The molecule has 20 heavy (non-hydrogen) atoms. The summed E-state index contributed by atoms with van der Waals surface area (Å²) in [6.07, 6.45) is 3.83. The Bertz CT molecular complexity index is 592. The summed E-state index contributed by atoms with van der Waals surface area (Å²) in [5.41, 5.74) is 1.67. The molecule has 1 aromatic carbocycles. The largest absolute Gasteiger partial charge is 0.306 e. The molecule has 0 amide bonds. The number of halogens is 3. The third kappa shape index (κ3) is 3.57. The minimum atomic E-state index is -0.350. The molecule has 0 saturated carbocycles. The molecule has 0 aliphatic carbocycles. The lowest BCUT2D eigenvalue weighted by atomic mass is 10.00. The molecule has 0 bridgehead atoms.